The van der Waals surface area contributed by atoms with E-state index in [1.165, 1.54) is 4.90 Å². The van der Waals surface area contributed by atoms with E-state index in [1.807, 2.05) is 0 Å². The van der Waals surface area contributed by atoms with Crippen LogP contribution in [-0.4, -0.2) is 76.2 Å². The van der Waals surface area contributed by atoms with Crippen LogP contribution in [0.1, 0.15) is 12.8 Å². The number of rotatable bonds is 3. The van der Waals surface area contributed by atoms with Gasteiger partial charge in [-0.25, -0.2) is 9.69 Å². The molecule has 0 aliphatic carbocycles. The summed E-state index contributed by atoms with van der Waals surface area (Å²) >= 11 is 0. The quantitative estimate of drug-likeness (QED) is 0.513. The van der Waals surface area contributed by atoms with E-state index in [1.54, 1.807) is 0 Å². The maximum absolute atomic E-state index is 12.1. The maximum atomic E-state index is 12.1. The predicted octanol–water partition coefficient (Wildman–Crippen LogP) is -1.27. The van der Waals surface area contributed by atoms with E-state index in [-0.39, 0.29) is 6.54 Å². The second-order valence-corrected chi connectivity index (χ2v) is 5.06. The number of aliphatic carboxylic acids is 1. The van der Waals surface area contributed by atoms with Crippen LogP contribution in [0.15, 0.2) is 0 Å². The SMILES string of the molecule is CN1C(=O)C(=O)N(CC(=O)N2CCCC(C(=O)O)C2)C1=O. The number of piperidine rings is 1. The number of carbonyl (C=O) groups excluding carboxylic acids is 4. The predicted molar refractivity (Wildman–Crippen MR) is 66.8 cm³/mol. The summed E-state index contributed by atoms with van der Waals surface area (Å²) in [4.78, 5) is 60.1. The van der Waals surface area contributed by atoms with Crippen LogP contribution in [-0.2, 0) is 19.2 Å². The fourth-order valence-electron chi connectivity index (χ4n) is 2.39. The van der Waals surface area contributed by atoms with Crippen molar-refractivity contribution < 1.29 is 29.1 Å². The van der Waals surface area contributed by atoms with Gasteiger partial charge >= 0.3 is 23.8 Å². The molecule has 2 saturated heterocycles. The van der Waals surface area contributed by atoms with E-state index < -0.39 is 42.2 Å². The summed E-state index contributed by atoms with van der Waals surface area (Å²) < 4.78 is 0. The molecule has 0 bridgehead atoms. The highest BCUT2D eigenvalue weighted by atomic mass is 16.4. The van der Waals surface area contributed by atoms with Crippen molar-refractivity contribution >= 4 is 29.7 Å². The number of carbonyl (C=O) groups is 5. The molecule has 1 N–H and O–H groups in total. The summed E-state index contributed by atoms with van der Waals surface area (Å²) in [6.45, 7) is -0.114. The fraction of sp³-hybridized carbons (Fsp3) is 0.583. The molecule has 114 valence electrons. The van der Waals surface area contributed by atoms with Crippen LogP contribution in [0.4, 0.5) is 4.79 Å². The lowest BCUT2D eigenvalue weighted by Gasteiger charge is -2.31. The zero-order valence-electron chi connectivity index (χ0n) is 11.4. The molecule has 2 rings (SSSR count). The van der Waals surface area contributed by atoms with Crippen LogP contribution in [0, 0.1) is 5.92 Å². The lowest BCUT2D eigenvalue weighted by Crippen LogP contribution is -2.48. The summed E-state index contributed by atoms with van der Waals surface area (Å²) in [6, 6.07) is -0.842. The van der Waals surface area contributed by atoms with Crippen molar-refractivity contribution in [1.29, 1.82) is 0 Å². The Kier molecular flexibility index (Phi) is 3.92. The first-order valence-electron chi connectivity index (χ1n) is 6.47. The molecule has 2 aliphatic heterocycles. The third-order valence-corrected chi connectivity index (χ3v) is 3.67. The van der Waals surface area contributed by atoms with Gasteiger partial charge in [-0.15, -0.1) is 0 Å². The van der Waals surface area contributed by atoms with Crippen molar-refractivity contribution in [2.75, 3.05) is 26.7 Å². The first-order valence-corrected chi connectivity index (χ1v) is 6.47. The monoisotopic (exact) mass is 297 g/mol. The molecular formula is C12H15N3O6. The van der Waals surface area contributed by atoms with E-state index in [9.17, 15) is 24.0 Å². The second kappa shape index (κ2) is 5.51. The number of carboxylic acids is 1. The highest BCUT2D eigenvalue weighted by Crippen LogP contribution is 2.18. The van der Waals surface area contributed by atoms with Crippen LogP contribution < -0.4 is 0 Å². The number of likely N-dealkylation sites (N-methyl/N-ethyl adjacent to an activating group) is 1. The standard InChI is InChI=1S/C12H15N3O6/c1-13-9(17)10(18)15(12(13)21)6-8(16)14-4-2-3-7(5-14)11(19)20/h7H,2-6H2,1H3,(H,19,20). The van der Waals surface area contributed by atoms with E-state index in [2.05, 4.69) is 0 Å². The molecule has 0 aromatic heterocycles. The van der Waals surface area contributed by atoms with Crippen LogP contribution >= 0.6 is 0 Å². The van der Waals surface area contributed by atoms with Crippen molar-refractivity contribution in [3.05, 3.63) is 0 Å². The Labute approximate surface area is 120 Å². The van der Waals surface area contributed by atoms with E-state index in [0.717, 1.165) is 7.05 Å². The summed E-state index contributed by atoms with van der Waals surface area (Å²) in [7, 11) is 1.16. The van der Waals surface area contributed by atoms with Gasteiger partial charge in [0.1, 0.15) is 6.54 Å². The van der Waals surface area contributed by atoms with Gasteiger partial charge in [0.25, 0.3) is 0 Å². The molecule has 0 aromatic carbocycles. The summed E-state index contributed by atoms with van der Waals surface area (Å²) in [5.74, 6) is -4.17. The molecule has 0 spiro atoms. The lowest BCUT2D eigenvalue weighted by molar-refractivity contribution is -0.147. The zero-order chi connectivity index (χ0) is 15.7. The minimum atomic E-state index is -1.04. The molecule has 2 heterocycles. The third-order valence-electron chi connectivity index (χ3n) is 3.67. The Morgan fingerprint density at radius 2 is 1.90 bits per heavy atom. The summed E-state index contributed by atoms with van der Waals surface area (Å²) in [6.07, 6.45) is 1.03. The maximum Gasteiger partial charge on any atom is 0.334 e. The van der Waals surface area contributed by atoms with Crippen LogP contribution in [0.2, 0.25) is 0 Å². The van der Waals surface area contributed by atoms with E-state index >= 15 is 0 Å². The largest absolute Gasteiger partial charge is 0.481 e. The van der Waals surface area contributed by atoms with Crippen molar-refractivity contribution in [3.8, 4) is 0 Å². The number of carboxylic acid groups (broad SMARTS) is 1. The normalized spacial score (nSPS) is 23.0. The lowest BCUT2D eigenvalue weighted by atomic mass is 9.98. The Hall–Kier alpha value is -2.45. The molecular weight excluding hydrogens is 282 g/mol. The molecule has 0 radical (unpaired) electrons. The van der Waals surface area contributed by atoms with Gasteiger partial charge in [0.2, 0.25) is 5.91 Å². The average molecular weight is 297 g/mol. The summed E-state index contributed by atoms with van der Waals surface area (Å²) in [5.41, 5.74) is 0. The summed E-state index contributed by atoms with van der Waals surface area (Å²) in [5, 5.41) is 8.97. The average Bonchev–Trinajstić information content (AvgIpc) is 2.65. The molecule has 9 nitrogen and oxygen atoms in total. The highest BCUT2D eigenvalue weighted by molar-refractivity contribution is 6.44. The molecule has 9 heteroatoms. The van der Waals surface area contributed by atoms with Crippen LogP contribution in [0.25, 0.3) is 0 Å². The molecule has 0 saturated carbocycles. The molecule has 21 heavy (non-hydrogen) atoms. The van der Waals surface area contributed by atoms with Gasteiger partial charge in [-0.05, 0) is 12.8 Å². The van der Waals surface area contributed by atoms with Gasteiger partial charge in [-0.2, -0.15) is 0 Å². The molecule has 0 aromatic rings. The topological polar surface area (TPSA) is 115 Å². The Balaban J connectivity index is 2.01. The third kappa shape index (κ3) is 2.71. The van der Waals surface area contributed by atoms with Crippen molar-refractivity contribution in [3.63, 3.8) is 0 Å². The highest BCUT2D eigenvalue weighted by Gasteiger charge is 2.43. The van der Waals surface area contributed by atoms with Crippen molar-refractivity contribution in [2.45, 2.75) is 12.8 Å². The van der Waals surface area contributed by atoms with E-state index in [0.29, 0.717) is 29.2 Å². The molecule has 2 fully saturated rings. The van der Waals surface area contributed by atoms with Gasteiger partial charge in [0.05, 0.1) is 5.92 Å². The smallest absolute Gasteiger partial charge is 0.334 e. The van der Waals surface area contributed by atoms with Crippen LogP contribution in [0.5, 0.6) is 0 Å². The van der Waals surface area contributed by atoms with Gasteiger partial charge in [0.15, 0.2) is 0 Å². The number of imide groups is 2. The molecule has 2 aliphatic rings. The number of urea groups is 1. The van der Waals surface area contributed by atoms with Gasteiger partial charge < -0.3 is 10.0 Å². The number of amides is 5. The first kappa shape index (κ1) is 14.9. The van der Waals surface area contributed by atoms with Gasteiger partial charge in [0, 0.05) is 20.1 Å². The van der Waals surface area contributed by atoms with Gasteiger partial charge in [-0.3, -0.25) is 24.1 Å². The number of nitrogens with zero attached hydrogens (tertiary/aromatic N) is 3. The molecule has 5 amide bonds. The number of likely N-dealkylation sites (tertiary alicyclic amines) is 1. The minimum Gasteiger partial charge on any atom is -0.481 e. The van der Waals surface area contributed by atoms with Crippen molar-refractivity contribution in [2.24, 2.45) is 5.92 Å². The molecule has 1 unspecified atom stereocenters. The minimum absolute atomic E-state index is 0.0498. The zero-order valence-corrected chi connectivity index (χ0v) is 11.4. The Morgan fingerprint density at radius 1 is 1.24 bits per heavy atom. The number of hydrogen-bond acceptors (Lipinski definition) is 5. The van der Waals surface area contributed by atoms with Crippen molar-refractivity contribution in [1.82, 2.24) is 14.7 Å². The Bertz CT molecular complexity index is 531. The van der Waals surface area contributed by atoms with Crippen LogP contribution in [0.3, 0.4) is 0 Å². The fourth-order valence-corrected chi connectivity index (χ4v) is 2.39. The molecule has 1 atom stereocenters. The second-order valence-electron chi connectivity index (χ2n) is 5.06. The Morgan fingerprint density at radius 3 is 2.43 bits per heavy atom. The first-order chi connectivity index (χ1) is 9.82. The van der Waals surface area contributed by atoms with E-state index in [4.69, 9.17) is 5.11 Å². The van der Waals surface area contributed by atoms with Gasteiger partial charge in [-0.1, -0.05) is 0 Å². The number of hydrogen-bond donors (Lipinski definition) is 1.